The predicted octanol–water partition coefficient (Wildman–Crippen LogP) is 3.26. The van der Waals surface area contributed by atoms with Gasteiger partial charge in [-0.25, -0.2) is 8.42 Å². The summed E-state index contributed by atoms with van der Waals surface area (Å²) < 4.78 is 32.7. The van der Waals surface area contributed by atoms with E-state index in [1.54, 1.807) is 44.2 Å². The van der Waals surface area contributed by atoms with Crippen LogP contribution >= 0.6 is 11.6 Å². The van der Waals surface area contributed by atoms with Gasteiger partial charge in [0.25, 0.3) is 0 Å². The Morgan fingerprint density at radius 1 is 1.22 bits per heavy atom. The number of sulfonamides is 1. The van der Waals surface area contributed by atoms with E-state index in [0.717, 1.165) is 0 Å². The maximum Gasteiger partial charge on any atom is 0.324 e. The summed E-state index contributed by atoms with van der Waals surface area (Å²) in [5.41, 5.74) is 1.20. The molecule has 27 heavy (non-hydrogen) atoms. The molecule has 2 aromatic carbocycles. The van der Waals surface area contributed by atoms with Crippen molar-refractivity contribution in [3.63, 3.8) is 0 Å². The van der Waals surface area contributed by atoms with Gasteiger partial charge in [0, 0.05) is 5.02 Å². The molecular formula is C19H19ClN2O4S. The van der Waals surface area contributed by atoms with Crippen LogP contribution in [0.2, 0.25) is 5.02 Å². The second-order valence-corrected chi connectivity index (χ2v) is 8.37. The smallest absolute Gasteiger partial charge is 0.324 e. The van der Waals surface area contributed by atoms with Gasteiger partial charge < -0.3 is 4.74 Å². The van der Waals surface area contributed by atoms with Crippen molar-refractivity contribution in [2.45, 2.75) is 31.4 Å². The number of ether oxygens (including phenoxy) is 1. The molecule has 0 fully saturated rings. The normalized spacial score (nSPS) is 12.4. The number of nitrogens with zero attached hydrogens (tertiary/aromatic N) is 1. The van der Waals surface area contributed by atoms with Crippen molar-refractivity contribution in [2.24, 2.45) is 5.92 Å². The van der Waals surface area contributed by atoms with Crippen LogP contribution in [0.5, 0.6) is 0 Å². The Bertz CT molecular complexity index is 950. The van der Waals surface area contributed by atoms with E-state index in [4.69, 9.17) is 21.6 Å². The molecule has 0 aliphatic heterocycles. The lowest BCUT2D eigenvalue weighted by atomic mass is 10.1. The lowest BCUT2D eigenvalue weighted by molar-refractivity contribution is -0.148. The first-order chi connectivity index (χ1) is 12.7. The fraction of sp³-hybridized carbons (Fsp3) is 0.263. The monoisotopic (exact) mass is 406 g/mol. The maximum absolute atomic E-state index is 12.5. The third kappa shape index (κ3) is 5.79. The van der Waals surface area contributed by atoms with Gasteiger partial charge in [0.2, 0.25) is 10.0 Å². The summed E-state index contributed by atoms with van der Waals surface area (Å²) in [5.74, 6) is -1.01. The second-order valence-electron chi connectivity index (χ2n) is 6.22. The highest BCUT2D eigenvalue weighted by Crippen LogP contribution is 2.17. The van der Waals surface area contributed by atoms with Gasteiger partial charge in [-0.05, 0) is 41.8 Å². The van der Waals surface area contributed by atoms with Crippen molar-refractivity contribution < 1.29 is 17.9 Å². The van der Waals surface area contributed by atoms with Gasteiger partial charge in [-0.15, -0.1) is 0 Å². The van der Waals surface area contributed by atoms with Crippen molar-refractivity contribution in [3.8, 4) is 6.07 Å². The Morgan fingerprint density at radius 2 is 1.89 bits per heavy atom. The molecule has 142 valence electrons. The van der Waals surface area contributed by atoms with Crippen LogP contribution in [0.3, 0.4) is 0 Å². The molecule has 1 atom stereocenters. The minimum absolute atomic E-state index is 0.0212. The molecule has 0 unspecified atom stereocenters. The van der Waals surface area contributed by atoms with E-state index in [0.29, 0.717) is 11.1 Å². The van der Waals surface area contributed by atoms with Crippen LogP contribution in [0.1, 0.15) is 25.0 Å². The molecule has 0 saturated heterocycles. The molecule has 1 N–H and O–H groups in total. The predicted molar refractivity (Wildman–Crippen MR) is 101 cm³/mol. The highest BCUT2D eigenvalue weighted by atomic mass is 35.5. The van der Waals surface area contributed by atoms with Crippen LogP contribution in [-0.2, 0) is 26.2 Å². The average Bonchev–Trinajstić information content (AvgIpc) is 2.64. The second kappa shape index (κ2) is 9.00. The summed E-state index contributed by atoms with van der Waals surface area (Å²) in [6.07, 6.45) is 0. The molecule has 0 aromatic heterocycles. The Hall–Kier alpha value is -2.40. The van der Waals surface area contributed by atoms with Crippen molar-refractivity contribution in [1.82, 2.24) is 4.72 Å². The average molecular weight is 407 g/mol. The van der Waals surface area contributed by atoms with E-state index in [9.17, 15) is 13.2 Å². The number of nitriles is 1. The highest BCUT2D eigenvalue weighted by Gasteiger charge is 2.29. The molecule has 2 rings (SSSR count). The number of hydrogen-bond donors (Lipinski definition) is 1. The summed E-state index contributed by atoms with van der Waals surface area (Å²) >= 11 is 5.85. The number of benzene rings is 2. The Kier molecular flexibility index (Phi) is 6.97. The molecule has 0 saturated carbocycles. The zero-order chi connectivity index (χ0) is 20.0. The van der Waals surface area contributed by atoms with Crippen molar-refractivity contribution >= 4 is 27.6 Å². The minimum atomic E-state index is -3.94. The van der Waals surface area contributed by atoms with Crippen LogP contribution in [0.15, 0.2) is 53.4 Å². The topological polar surface area (TPSA) is 96.3 Å². The van der Waals surface area contributed by atoms with Crippen LogP contribution < -0.4 is 4.72 Å². The molecule has 0 amide bonds. The fourth-order valence-corrected chi connectivity index (χ4v) is 3.88. The first-order valence-corrected chi connectivity index (χ1v) is 10.0. The van der Waals surface area contributed by atoms with Crippen molar-refractivity contribution in [1.29, 1.82) is 5.26 Å². The number of hydrogen-bond acceptors (Lipinski definition) is 5. The summed E-state index contributed by atoms with van der Waals surface area (Å²) in [4.78, 5) is 12.4. The van der Waals surface area contributed by atoms with Gasteiger partial charge in [0.1, 0.15) is 12.6 Å². The van der Waals surface area contributed by atoms with Crippen LogP contribution in [0.25, 0.3) is 0 Å². The Balaban J connectivity index is 2.09. The molecule has 0 aliphatic rings. The molecular weight excluding hydrogens is 388 g/mol. The Labute approximate surface area is 163 Å². The van der Waals surface area contributed by atoms with Gasteiger partial charge in [-0.2, -0.15) is 9.98 Å². The maximum atomic E-state index is 12.5. The van der Waals surface area contributed by atoms with Crippen molar-refractivity contribution in [3.05, 3.63) is 64.7 Å². The number of nitrogens with one attached hydrogen (secondary N) is 1. The van der Waals surface area contributed by atoms with Gasteiger partial charge in [-0.3, -0.25) is 4.79 Å². The fourth-order valence-electron chi connectivity index (χ4n) is 2.25. The first kappa shape index (κ1) is 20.9. The number of carbonyl (C=O) groups is 1. The lowest BCUT2D eigenvalue weighted by Gasteiger charge is -2.21. The summed E-state index contributed by atoms with van der Waals surface area (Å²) in [6, 6.07) is 13.3. The molecule has 8 heteroatoms. The van der Waals surface area contributed by atoms with Crippen molar-refractivity contribution in [2.75, 3.05) is 0 Å². The Morgan fingerprint density at radius 3 is 2.44 bits per heavy atom. The van der Waals surface area contributed by atoms with Crippen LogP contribution in [0, 0.1) is 17.2 Å². The molecule has 0 bridgehead atoms. The highest BCUT2D eigenvalue weighted by molar-refractivity contribution is 7.89. The van der Waals surface area contributed by atoms with E-state index in [-0.39, 0.29) is 22.4 Å². The van der Waals surface area contributed by atoms with Crippen LogP contribution in [0.4, 0.5) is 0 Å². The third-order valence-electron chi connectivity index (χ3n) is 3.77. The van der Waals surface area contributed by atoms with Crippen LogP contribution in [-0.4, -0.2) is 20.4 Å². The van der Waals surface area contributed by atoms with E-state index in [2.05, 4.69) is 4.72 Å². The molecule has 0 spiro atoms. The number of carbonyl (C=O) groups excluding carboxylic acids is 1. The molecule has 6 nitrogen and oxygen atoms in total. The van der Waals surface area contributed by atoms with Gasteiger partial charge in [0.15, 0.2) is 0 Å². The van der Waals surface area contributed by atoms with E-state index < -0.39 is 22.0 Å². The summed E-state index contributed by atoms with van der Waals surface area (Å²) in [7, 11) is -3.94. The van der Waals surface area contributed by atoms with Gasteiger partial charge in [0.05, 0.1) is 16.5 Å². The van der Waals surface area contributed by atoms with Gasteiger partial charge in [-0.1, -0.05) is 43.6 Å². The van der Waals surface area contributed by atoms with E-state index in [1.807, 2.05) is 6.07 Å². The minimum Gasteiger partial charge on any atom is -0.460 e. The molecule has 0 aliphatic carbocycles. The van der Waals surface area contributed by atoms with E-state index >= 15 is 0 Å². The number of esters is 1. The molecule has 2 aromatic rings. The molecule has 0 radical (unpaired) electrons. The quantitative estimate of drug-likeness (QED) is 0.712. The standard InChI is InChI=1S/C19H19ClN2O4S/c1-13(2)18(22-27(24,25)17-5-3-4-16(20)10-17)19(23)26-12-15-8-6-14(11-21)7-9-15/h3-10,13,18,22H,12H2,1-2H3/t18-/m0/s1. The summed E-state index contributed by atoms with van der Waals surface area (Å²) in [5, 5.41) is 9.07. The summed E-state index contributed by atoms with van der Waals surface area (Å²) in [6.45, 7) is 3.41. The first-order valence-electron chi connectivity index (χ1n) is 8.16. The lowest BCUT2D eigenvalue weighted by Crippen LogP contribution is -2.45. The zero-order valence-corrected chi connectivity index (χ0v) is 16.4. The van der Waals surface area contributed by atoms with Gasteiger partial charge >= 0.3 is 5.97 Å². The third-order valence-corrected chi connectivity index (χ3v) is 5.45. The molecule has 0 heterocycles. The van der Waals surface area contributed by atoms with E-state index in [1.165, 1.54) is 18.2 Å². The number of halogens is 1. The largest absolute Gasteiger partial charge is 0.460 e. The SMILES string of the molecule is CC(C)[C@H](NS(=O)(=O)c1cccc(Cl)c1)C(=O)OCc1ccc(C#N)cc1. The number of rotatable bonds is 7. The zero-order valence-electron chi connectivity index (χ0n) is 14.8.